The van der Waals surface area contributed by atoms with Gasteiger partial charge < -0.3 is 25.0 Å². The average Bonchev–Trinajstić information content (AvgIpc) is 3.72. The SMILES string of the molecule is CC/C(=C\c1n(CCCCNC(=O)CCN2c3ccc(Cl)cc3CCC2C(=O)O)c2cc(-c3ccccc3)ccc2[n+]1CC)CC1Oc2ccccc2N1CC. The minimum atomic E-state index is -0.871. The zero-order valence-electron chi connectivity index (χ0n) is 32.7. The van der Waals surface area contributed by atoms with Gasteiger partial charge in [0.05, 0.1) is 18.8 Å². The number of aryl methyl sites for hydroxylation is 3. The van der Waals surface area contributed by atoms with E-state index in [0.717, 1.165) is 68.0 Å². The first-order valence-electron chi connectivity index (χ1n) is 20.2. The van der Waals surface area contributed by atoms with Crippen LogP contribution >= 0.6 is 11.6 Å². The van der Waals surface area contributed by atoms with Gasteiger partial charge in [0.15, 0.2) is 17.3 Å². The first kappa shape index (κ1) is 39.0. The monoisotopic (exact) mass is 774 g/mol. The lowest BCUT2D eigenvalue weighted by Crippen LogP contribution is -2.46. The molecule has 2 N–H and O–H groups in total. The number of carbonyl (C=O) groups is 2. The van der Waals surface area contributed by atoms with E-state index in [1.807, 2.05) is 29.2 Å². The van der Waals surface area contributed by atoms with Crippen molar-refractivity contribution in [3.05, 3.63) is 113 Å². The number of anilines is 2. The number of imidazole rings is 1. The predicted octanol–water partition coefficient (Wildman–Crippen LogP) is 8.89. The number of para-hydroxylation sites is 2. The summed E-state index contributed by atoms with van der Waals surface area (Å²) in [6, 6.07) is 30.5. The number of hydrogen-bond donors (Lipinski definition) is 2. The number of ether oxygens (including phenoxy) is 1. The summed E-state index contributed by atoms with van der Waals surface area (Å²) in [5.41, 5.74) is 9.10. The molecule has 9 nitrogen and oxygen atoms in total. The molecule has 56 heavy (non-hydrogen) atoms. The molecule has 3 heterocycles. The van der Waals surface area contributed by atoms with E-state index in [-0.39, 0.29) is 18.6 Å². The van der Waals surface area contributed by atoms with Crippen LogP contribution in [0.2, 0.25) is 5.02 Å². The lowest BCUT2D eigenvalue weighted by molar-refractivity contribution is -0.670. The van der Waals surface area contributed by atoms with Gasteiger partial charge in [0.2, 0.25) is 5.91 Å². The highest BCUT2D eigenvalue weighted by Crippen LogP contribution is 2.39. The Kier molecular flexibility index (Phi) is 12.3. The molecular weight excluding hydrogens is 722 g/mol. The summed E-state index contributed by atoms with van der Waals surface area (Å²) in [5, 5.41) is 13.7. The first-order valence-corrected chi connectivity index (χ1v) is 20.5. The van der Waals surface area contributed by atoms with Crippen LogP contribution in [0, 0.1) is 0 Å². The summed E-state index contributed by atoms with van der Waals surface area (Å²) >= 11 is 6.22. The molecule has 4 aromatic carbocycles. The summed E-state index contributed by atoms with van der Waals surface area (Å²) in [6.45, 7) is 9.99. The number of nitrogens with zero attached hydrogens (tertiary/aromatic N) is 4. The number of unbranched alkanes of at least 4 members (excludes halogenated alkanes) is 1. The summed E-state index contributed by atoms with van der Waals surface area (Å²) in [4.78, 5) is 29.4. The van der Waals surface area contributed by atoms with Crippen molar-refractivity contribution in [2.24, 2.45) is 0 Å². The van der Waals surface area contributed by atoms with Crippen LogP contribution in [0.5, 0.6) is 5.75 Å². The molecule has 0 aliphatic carbocycles. The molecule has 0 bridgehead atoms. The van der Waals surface area contributed by atoms with E-state index in [2.05, 4.69) is 107 Å². The van der Waals surface area contributed by atoms with Crippen molar-refractivity contribution in [3.8, 4) is 16.9 Å². The maximum atomic E-state index is 13.1. The first-order chi connectivity index (χ1) is 27.3. The van der Waals surface area contributed by atoms with Crippen LogP contribution < -0.4 is 24.4 Å². The lowest BCUT2D eigenvalue weighted by atomic mass is 9.95. The van der Waals surface area contributed by atoms with Crippen molar-refractivity contribution in [3.63, 3.8) is 0 Å². The van der Waals surface area contributed by atoms with Crippen molar-refractivity contribution >= 4 is 52.0 Å². The number of hydrogen-bond acceptors (Lipinski definition) is 5. The van der Waals surface area contributed by atoms with E-state index in [1.54, 1.807) is 6.07 Å². The number of halogens is 1. The number of carboxylic acid groups (broad SMARTS) is 1. The van der Waals surface area contributed by atoms with Gasteiger partial charge in [-0.2, -0.15) is 0 Å². The topological polar surface area (TPSA) is 90.9 Å². The molecule has 1 amide bonds. The van der Waals surface area contributed by atoms with Crippen LogP contribution in [-0.4, -0.2) is 53.5 Å². The van der Waals surface area contributed by atoms with Gasteiger partial charge >= 0.3 is 5.97 Å². The second kappa shape index (κ2) is 17.7. The van der Waals surface area contributed by atoms with Crippen LogP contribution in [0.25, 0.3) is 28.2 Å². The Morgan fingerprint density at radius 3 is 2.48 bits per heavy atom. The quantitative estimate of drug-likeness (QED) is 0.0769. The standard InChI is InChI=1S/C46H52ClN5O4/c1-4-32(29-45-50(6-3)39-16-10-11-17-42(39)56-45)28-44-49(5-2)38-21-18-34(33-14-8-7-9-15-33)31-41(38)52(44)26-13-12-25-48-43(53)24-27-51-37-23-20-36(47)30-35(37)19-22-40(51)46(54)55/h7-11,14-18,20-21,23,28,30-31,40,45H,4-6,12-13,19,22,24-27,29H2,1-3H3,(H-,48,53,54,55)/p+1/b32-28+. The molecule has 0 fully saturated rings. The van der Waals surface area contributed by atoms with Crippen molar-refractivity contribution in [1.82, 2.24) is 9.88 Å². The summed E-state index contributed by atoms with van der Waals surface area (Å²) in [5.74, 6) is 1.17. The lowest BCUT2D eigenvalue weighted by Gasteiger charge is -2.36. The van der Waals surface area contributed by atoms with Crippen molar-refractivity contribution < 1.29 is 24.0 Å². The van der Waals surface area contributed by atoms with Gasteiger partial charge in [-0.25, -0.2) is 13.9 Å². The van der Waals surface area contributed by atoms with E-state index < -0.39 is 12.0 Å². The molecule has 10 heteroatoms. The highest BCUT2D eigenvalue weighted by Gasteiger charge is 2.33. The van der Waals surface area contributed by atoms with E-state index in [9.17, 15) is 14.7 Å². The highest BCUT2D eigenvalue weighted by molar-refractivity contribution is 6.30. The van der Waals surface area contributed by atoms with E-state index in [1.165, 1.54) is 33.6 Å². The predicted molar refractivity (Wildman–Crippen MR) is 225 cm³/mol. The summed E-state index contributed by atoms with van der Waals surface area (Å²) in [6.07, 6.45) is 7.07. The molecule has 0 saturated heterocycles. The molecule has 0 spiro atoms. The normalized spacial score (nSPS) is 16.5. The van der Waals surface area contributed by atoms with Gasteiger partial charge in [0.25, 0.3) is 5.82 Å². The molecule has 0 radical (unpaired) electrons. The zero-order chi connectivity index (χ0) is 39.2. The largest absolute Gasteiger partial charge is 0.480 e. The number of aromatic nitrogens is 2. The second-order valence-corrected chi connectivity index (χ2v) is 15.1. The number of carboxylic acids is 1. The van der Waals surface area contributed by atoms with Gasteiger partial charge in [-0.1, -0.05) is 66.6 Å². The highest BCUT2D eigenvalue weighted by atomic mass is 35.5. The molecule has 0 saturated carbocycles. The number of rotatable bonds is 16. The maximum absolute atomic E-state index is 13.1. The van der Waals surface area contributed by atoms with Crippen molar-refractivity contribution in [2.75, 3.05) is 29.4 Å². The fourth-order valence-electron chi connectivity index (χ4n) is 8.41. The average molecular weight is 775 g/mol. The summed E-state index contributed by atoms with van der Waals surface area (Å²) < 4.78 is 11.4. The smallest absolute Gasteiger partial charge is 0.326 e. The van der Waals surface area contributed by atoms with Gasteiger partial charge in [-0.15, -0.1) is 0 Å². The summed E-state index contributed by atoms with van der Waals surface area (Å²) in [7, 11) is 0. The molecule has 2 unspecified atom stereocenters. The third-order valence-electron chi connectivity index (χ3n) is 11.3. The Morgan fingerprint density at radius 1 is 0.911 bits per heavy atom. The van der Waals surface area contributed by atoms with Gasteiger partial charge in [0.1, 0.15) is 11.8 Å². The zero-order valence-corrected chi connectivity index (χ0v) is 33.5. The molecule has 5 aromatic rings. The van der Waals surface area contributed by atoms with Gasteiger partial charge in [-0.05, 0) is 111 Å². The molecule has 2 aliphatic rings. The Hall–Kier alpha value is -5.28. The van der Waals surface area contributed by atoms with Crippen LogP contribution in [0.15, 0.2) is 96.6 Å². The minimum Gasteiger partial charge on any atom is -0.480 e. The molecule has 7 rings (SSSR count). The Labute approximate surface area is 335 Å². The van der Waals surface area contributed by atoms with Gasteiger partial charge in [-0.3, -0.25) is 4.79 Å². The second-order valence-electron chi connectivity index (χ2n) is 14.7. The van der Waals surface area contributed by atoms with E-state index in [0.29, 0.717) is 31.0 Å². The fourth-order valence-corrected chi connectivity index (χ4v) is 8.60. The Balaban J connectivity index is 1.07. The van der Waals surface area contributed by atoms with Crippen molar-refractivity contribution in [2.45, 2.75) is 91.1 Å². The van der Waals surface area contributed by atoms with Crippen LogP contribution in [0.4, 0.5) is 11.4 Å². The van der Waals surface area contributed by atoms with Crippen LogP contribution in [-0.2, 0) is 29.1 Å². The number of nitrogens with one attached hydrogen (secondary N) is 1. The maximum Gasteiger partial charge on any atom is 0.326 e. The van der Waals surface area contributed by atoms with E-state index in [4.69, 9.17) is 16.3 Å². The number of amides is 1. The molecular formula is C46H53ClN5O4+. The minimum absolute atomic E-state index is 0.0528. The van der Waals surface area contributed by atoms with Crippen LogP contribution in [0.3, 0.4) is 0 Å². The molecule has 2 atom stereocenters. The third kappa shape index (κ3) is 8.28. The molecule has 1 aromatic heterocycles. The van der Waals surface area contributed by atoms with Gasteiger partial charge in [0, 0.05) is 49.3 Å². The molecule has 292 valence electrons. The fraction of sp³-hybridized carbons (Fsp3) is 0.370. The number of carbonyl (C=O) groups excluding carboxylic acids is 1. The third-order valence-corrected chi connectivity index (χ3v) is 11.5. The Morgan fingerprint density at radius 2 is 1.71 bits per heavy atom. The number of benzene rings is 4. The molecule has 2 aliphatic heterocycles. The van der Waals surface area contributed by atoms with E-state index >= 15 is 0 Å². The number of aliphatic carboxylic acids is 1. The van der Waals surface area contributed by atoms with Crippen molar-refractivity contribution in [1.29, 1.82) is 0 Å². The van der Waals surface area contributed by atoms with Crippen LogP contribution in [0.1, 0.15) is 70.7 Å². The number of fused-ring (bicyclic) bond motifs is 3. The Bertz CT molecular complexity index is 2220.